The molecular formula is C14H23ClN2O2. The summed E-state index contributed by atoms with van der Waals surface area (Å²) in [5.41, 5.74) is 6.85. The van der Waals surface area contributed by atoms with Crippen LogP contribution in [0.2, 0.25) is 0 Å². The van der Waals surface area contributed by atoms with Gasteiger partial charge >= 0.3 is 0 Å². The number of nitrogens with two attached hydrogens (primary N) is 1. The molecule has 1 rings (SSSR count). The molecule has 19 heavy (non-hydrogen) atoms. The minimum Gasteiger partial charge on any atom is -0.497 e. The molecule has 0 bridgehead atoms. The van der Waals surface area contributed by atoms with Gasteiger partial charge in [-0.25, -0.2) is 0 Å². The molecule has 1 amide bonds. The summed E-state index contributed by atoms with van der Waals surface area (Å²) in [6, 6.07) is 7.17. The second-order valence-electron chi connectivity index (χ2n) is 4.48. The highest BCUT2D eigenvalue weighted by atomic mass is 35.5. The van der Waals surface area contributed by atoms with Crippen molar-refractivity contribution in [3.63, 3.8) is 0 Å². The highest BCUT2D eigenvalue weighted by Crippen LogP contribution is 2.12. The van der Waals surface area contributed by atoms with E-state index in [9.17, 15) is 4.79 Å². The predicted octanol–water partition coefficient (Wildman–Crippen LogP) is 2.11. The van der Waals surface area contributed by atoms with Crippen LogP contribution in [-0.4, -0.2) is 19.1 Å². The summed E-state index contributed by atoms with van der Waals surface area (Å²) >= 11 is 0. The average molecular weight is 287 g/mol. The molecule has 2 unspecified atom stereocenters. The van der Waals surface area contributed by atoms with E-state index in [-0.39, 0.29) is 24.2 Å². The zero-order valence-corrected chi connectivity index (χ0v) is 12.5. The Kier molecular flexibility index (Phi) is 8.19. The van der Waals surface area contributed by atoms with Gasteiger partial charge in [0.1, 0.15) is 5.75 Å². The molecule has 3 N–H and O–H groups in total. The quantitative estimate of drug-likeness (QED) is 0.842. The summed E-state index contributed by atoms with van der Waals surface area (Å²) in [5, 5.41) is 2.85. The van der Waals surface area contributed by atoms with Crippen LogP contribution in [0.25, 0.3) is 0 Å². The van der Waals surface area contributed by atoms with E-state index in [0.29, 0.717) is 6.54 Å². The number of carbonyl (C=O) groups excluding carboxylic acids is 1. The lowest BCUT2D eigenvalue weighted by Crippen LogP contribution is -2.44. The predicted molar refractivity (Wildman–Crippen MR) is 79.5 cm³/mol. The number of rotatable bonds is 6. The summed E-state index contributed by atoms with van der Waals surface area (Å²) in [6.07, 6.45) is 0.897. The van der Waals surface area contributed by atoms with Gasteiger partial charge in [-0.05, 0) is 23.6 Å². The van der Waals surface area contributed by atoms with Crippen LogP contribution in [0.5, 0.6) is 5.75 Å². The fraction of sp³-hybridized carbons (Fsp3) is 0.500. The Hall–Kier alpha value is -1.26. The van der Waals surface area contributed by atoms with Crippen LogP contribution in [0.1, 0.15) is 25.8 Å². The van der Waals surface area contributed by atoms with Crippen LogP contribution in [0.4, 0.5) is 0 Å². The minimum atomic E-state index is -0.444. The largest absolute Gasteiger partial charge is 0.497 e. The van der Waals surface area contributed by atoms with Gasteiger partial charge in [0.05, 0.1) is 13.2 Å². The van der Waals surface area contributed by atoms with Crippen LogP contribution in [0.15, 0.2) is 24.3 Å². The number of carbonyl (C=O) groups is 1. The van der Waals surface area contributed by atoms with Crippen molar-refractivity contribution in [1.29, 1.82) is 0 Å². The van der Waals surface area contributed by atoms with Crippen molar-refractivity contribution in [2.45, 2.75) is 32.9 Å². The Bertz CT molecular complexity index is 399. The van der Waals surface area contributed by atoms with E-state index < -0.39 is 6.04 Å². The number of nitrogens with one attached hydrogen (secondary N) is 1. The molecule has 4 nitrogen and oxygen atoms in total. The van der Waals surface area contributed by atoms with E-state index in [4.69, 9.17) is 10.5 Å². The van der Waals surface area contributed by atoms with Crippen LogP contribution >= 0.6 is 12.4 Å². The highest BCUT2D eigenvalue weighted by Gasteiger charge is 2.18. The Morgan fingerprint density at radius 2 is 2.16 bits per heavy atom. The number of ether oxygens (including phenoxy) is 1. The maximum Gasteiger partial charge on any atom is 0.237 e. The van der Waals surface area contributed by atoms with Gasteiger partial charge < -0.3 is 15.8 Å². The van der Waals surface area contributed by atoms with Crippen molar-refractivity contribution >= 4 is 18.3 Å². The number of benzene rings is 1. The smallest absolute Gasteiger partial charge is 0.237 e. The summed E-state index contributed by atoms with van der Waals surface area (Å²) < 4.78 is 5.13. The topological polar surface area (TPSA) is 64.4 Å². The van der Waals surface area contributed by atoms with Gasteiger partial charge in [-0.3, -0.25) is 4.79 Å². The van der Waals surface area contributed by atoms with E-state index in [0.717, 1.165) is 17.7 Å². The van der Waals surface area contributed by atoms with Crippen LogP contribution in [0, 0.1) is 5.92 Å². The van der Waals surface area contributed by atoms with Crippen molar-refractivity contribution in [2.24, 2.45) is 11.7 Å². The zero-order valence-electron chi connectivity index (χ0n) is 11.7. The molecule has 0 heterocycles. The molecule has 0 aromatic heterocycles. The Labute approximate surface area is 121 Å². The summed E-state index contributed by atoms with van der Waals surface area (Å²) in [7, 11) is 1.62. The SMILES string of the molecule is CCC(C)C(N)C(=O)NCc1cccc(OC)c1.Cl. The summed E-state index contributed by atoms with van der Waals surface area (Å²) in [5.74, 6) is 0.871. The standard InChI is InChI=1S/C14H22N2O2.ClH/c1-4-10(2)13(15)14(17)16-9-11-6-5-7-12(8-11)18-3;/h5-8,10,13H,4,9,15H2,1-3H3,(H,16,17);1H. The van der Waals surface area contributed by atoms with Crippen molar-refractivity contribution in [3.05, 3.63) is 29.8 Å². The Morgan fingerprint density at radius 1 is 1.47 bits per heavy atom. The average Bonchev–Trinajstić information content (AvgIpc) is 2.43. The maximum absolute atomic E-state index is 11.8. The van der Waals surface area contributed by atoms with E-state index in [1.807, 2.05) is 38.1 Å². The fourth-order valence-electron chi connectivity index (χ4n) is 1.60. The lowest BCUT2D eigenvalue weighted by molar-refractivity contribution is -0.123. The first kappa shape index (κ1) is 17.7. The Balaban J connectivity index is 0.00000324. The number of halogens is 1. The molecule has 1 aromatic rings. The van der Waals surface area contributed by atoms with Gasteiger partial charge in [-0.2, -0.15) is 0 Å². The number of hydrogen-bond acceptors (Lipinski definition) is 3. The van der Waals surface area contributed by atoms with Crippen molar-refractivity contribution in [2.75, 3.05) is 7.11 Å². The summed E-state index contributed by atoms with van der Waals surface area (Å²) in [6.45, 7) is 4.48. The van der Waals surface area contributed by atoms with E-state index in [1.165, 1.54) is 0 Å². The van der Waals surface area contributed by atoms with E-state index in [1.54, 1.807) is 7.11 Å². The normalized spacial score (nSPS) is 13.1. The van der Waals surface area contributed by atoms with E-state index in [2.05, 4.69) is 5.32 Å². The molecule has 0 aliphatic carbocycles. The first-order valence-corrected chi connectivity index (χ1v) is 6.24. The monoisotopic (exact) mass is 286 g/mol. The third-order valence-electron chi connectivity index (χ3n) is 3.16. The first-order chi connectivity index (χ1) is 8.58. The molecule has 0 spiro atoms. The second-order valence-corrected chi connectivity index (χ2v) is 4.48. The molecule has 108 valence electrons. The number of hydrogen-bond donors (Lipinski definition) is 2. The third kappa shape index (κ3) is 5.49. The van der Waals surface area contributed by atoms with Crippen LogP contribution < -0.4 is 15.8 Å². The van der Waals surface area contributed by atoms with Crippen molar-refractivity contribution in [1.82, 2.24) is 5.32 Å². The molecule has 0 saturated carbocycles. The zero-order chi connectivity index (χ0) is 13.5. The van der Waals surface area contributed by atoms with Gasteiger partial charge in [0.15, 0.2) is 0 Å². The summed E-state index contributed by atoms with van der Waals surface area (Å²) in [4.78, 5) is 11.8. The minimum absolute atomic E-state index is 0. The third-order valence-corrected chi connectivity index (χ3v) is 3.16. The molecule has 0 radical (unpaired) electrons. The van der Waals surface area contributed by atoms with Gasteiger partial charge in [-0.15, -0.1) is 12.4 Å². The molecular weight excluding hydrogens is 264 g/mol. The van der Waals surface area contributed by atoms with Gasteiger partial charge in [0.2, 0.25) is 5.91 Å². The number of methoxy groups -OCH3 is 1. The van der Waals surface area contributed by atoms with Crippen molar-refractivity contribution < 1.29 is 9.53 Å². The lowest BCUT2D eigenvalue weighted by atomic mass is 9.99. The first-order valence-electron chi connectivity index (χ1n) is 6.24. The highest BCUT2D eigenvalue weighted by molar-refractivity contribution is 5.85. The molecule has 2 atom stereocenters. The fourth-order valence-corrected chi connectivity index (χ4v) is 1.60. The van der Waals surface area contributed by atoms with Crippen molar-refractivity contribution in [3.8, 4) is 5.75 Å². The molecule has 0 saturated heterocycles. The molecule has 5 heteroatoms. The van der Waals surface area contributed by atoms with Crippen LogP contribution in [0.3, 0.4) is 0 Å². The van der Waals surface area contributed by atoms with Gasteiger partial charge in [0.25, 0.3) is 0 Å². The van der Waals surface area contributed by atoms with Crippen LogP contribution in [-0.2, 0) is 11.3 Å². The molecule has 0 aliphatic rings. The van der Waals surface area contributed by atoms with Gasteiger partial charge in [-0.1, -0.05) is 32.4 Å². The second kappa shape index (κ2) is 8.77. The molecule has 1 aromatic carbocycles. The van der Waals surface area contributed by atoms with Gasteiger partial charge in [0, 0.05) is 6.54 Å². The van der Waals surface area contributed by atoms with E-state index >= 15 is 0 Å². The Morgan fingerprint density at radius 3 is 2.74 bits per heavy atom. The maximum atomic E-state index is 11.8. The molecule has 0 fully saturated rings. The number of amides is 1. The lowest BCUT2D eigenvalue weighted by Gasteiger charge is -2.17. The molecule has 0 aliphatic heterocycles.